The van der Waals surface area contributed by atoms with Gasteiger partial charge in [0.2, 0.25) is 5.91 Å². The number of hydrogen-bond donors (Lipinski definition) is 3. The number of nitrogens with two attached hydrogens (primary N) is 1. The first-order valence-electron chi connectivity index (χ1n) is 8.69. The van der Waals surface area contributed by atoms with Crippen LogP contribution in [0.4, 0.5) is 5.00 Å². The lowest BCUT2D eigenvalue weighted by atomic mass is 10.0. The molecule has 3 amide bonds. The summed E-state index contributed by atoms with van der Waals surface area (Å²) >= 11 is 1.27. The summed E-state index contributed by atoms with van der Waals surface area (Å²) in [5.41, 5.74) is 5.60. The summed E-state index contributed by atoms with van der Waals surface area (Å²) in [5.74, 6) is 0.0565. The van der Waals surface area contributed by atoms with Gasteiger partial charge >= 0.3 is 0 Å². The fourth-order valence-corrected chi connectivity index (χ4v) is 3.83. The Labute approximate surface area is 160 Å². The second-order valence-electron chi connectivity index (χ2n) is 6.51. The lowest BCUT2D eigenvalue weighted by Crippen LogP contribution is -2.46. The third kappa shape index (κ3) is 4.95. The lowest BCUT2D eigenvalue weighted by Gasteiger charge is -2.31. The highest BCUT2D eigenvalue weighted by atomic mass is 32.1. The number of nitrogens with zero attached hydrogens (tertiary/aromatic N) is 1. The van der Waals surface area contributed by atoms with Gasteiger partial charge < -0.3 is 20.8 Å². The molecule has 0 aromatic carbocycles. The van der Waals surface area contributed by atoms with Crippen LogP contribution >= 0.6 is 11.3 Å². The molecule has 2 aromatic heterocycles. The zero-order valence-electron chi connectivity index (χ0n) is 15.0. The maximum Gasteiger partial charge on any atom is 0.287 e. The van der Waals surface area contributed by atoms with Crippen LogP contribution in [0.15, 0.2) is 28.0 Å². The van der Waals surface area contributed by atoms with Gasteiger partial charge in [0.25, 0.3) is 11.8 Å². The fraction of sp³-hybridized carbons (Fsp3) is 0.389. The first-order chi connectivity index (χ1) is 12.9. The SMILES string of the molecule is Cc1ccc(C(=O)NC2CCN(CC(=O)Nc3sccc3C(N)=O)CC2)o1. The molecule has 1 aliphatic rings. The van der Waals surface area contributed by atoms with Crippen LogP contribution in [0, 0.1) is 6.92 Å². The summed E-state index contributed by atoms with van der Waals surface area (Å²) in [6, 6.07) is 5.07. The molecular weight excluding hydrogens is 368 g/mol. The molecule has 27 heavy (non-hydrogen) atoms. The summed E-state index contributed by atoms with van der Waals surface area (Å²) in [4.78, 5) is 37.7. The molecular formula is C18H22N4O4S. The van der Waals surface area contributed by atoms with Crippen molar-refractivity contribution in [1.29, 1.82) is 0 Å². The van der Waals surface area contributed by atoms with Crippen molar-refractivity contribution in [2.45, 2.75) is 25.8 Å². The normalized spacial score (nSPS) is 15.4. The number of piperidine rings is 1. The Kier molecular flexibility index (Phi) is 5.92. The van der Waals surface area contributed by atoms with Crippen molar-refractivity contribution in [1.82, 2.24) is 10.2 Å². The van der Waals surface area contributed by atoms with Crippen molar-refractivity contribution in [2.75, 3.05) is 25.0 Å². The zero-order chi connectivity index (χ0) is 19.4. The van der Waals surface area contributed by atoms with Crippen LogP contribution in [0.1, 0.15) is 39.5 Å². The number of nitrogens with one attached hydrogen (secondary N) is 2. The first-order valence-corrected chi connectivity index (χ1v) is 9.57. The molecule has 4 N–H and O–H groups in total. The Morgan fingerprint density at radius 1 is 1.26 bits per heavy atom. The van der Waals surface area contributed by atoms with Crippen LogP contribution < -0.4 is 16.4 Å². The van der Waals surface area contributed by atoms with Crippen molar-refractivity contribution < 1.29 is 18.8 Å². The Bertz CT molecular complexity index is 836. The zero-order valence-corrected chi connectivity index (χ0v) is 15.8. The predicted molar refractivity (Wildman–Crippen MR) is 102 cm³/mol. The van der Waals surface area contributed by atoms with Crippen LogP contribution in [0.25, 0.3) is 0 Å². The van der Waals surface area contributed by atoms with Gasteiger partial charge in [-0.2, -0.15) is 0 Å². The summed E-state index contributed by atoms with van der Waals surface area (Å²) in [6.07, 6.45) is 1.51. The van der Waals surface area contributed by atoms with Crippen LogP contribution in [-0.2, 0) is 4.79 Å². The molecule has 1 fully saturated rings. The first kappa shape index (κ1) is 19.1. The number of anilines is 1. The van der Waals surface area contributed by atoms with Gasteiger partial charge in [0.05, 0.1) is 12.1 Å². The molecule has 3 rings (SSSR count). The number of thiophene rings is 1. The summed E-state index contributed by atoms with van der Waals surface area (Å²) in [6.45, 7) is 3.42. The number of primary amides is 1. The van der Waals surface area contributed by atoms with Crippen molar-refractivity contribution in [3.63, 3.8) is 0 Å². The fourth-order valence-electron chi connectivity index (χ4n) is 3.02. The Hall–Kier alpha value is -2.65. The van der Waals surface area contributed by atoms with Crippen molar-refractivity contribution in [2.24, 2.45) is 5.73 Å². The molecule has 0 atom stereocenters. The van der Waals surface area contributed by atoms with Crippen molar-refractivity contribution in [3.05, 3.63) is 40.7 Å². The Morgan fingerprint density at radius 3 is 2.63 bits per heavy atom. The van der Waals surface area contributed by atoms with E-state index in [-0.39, 0.29) is 24.4 Å². The molecule has 2 aromatic rings. The molecule has 0 bridgehead atoms. The highest BCUT2D eigenvalue weighted by molar-refractivity contribution is 7.14. The second kappa shape index (κ2) is 8.36. The average Bonchev–Trinajstić information content (AvgIpc) is 3.25. The maximum absolute atomic E-state index is 12.2. The van der Waals surface area contributed by atoms with E-state index >= 15 is 0 Å². The van der Waals surface area contributed by atoms with Crippen LogP contribution in [0.2, 0.25) is 0 Å². The summed E-state index contributed by atoms with van der Waals surface area (Å²) in [5, 5.41) is 7.90. The summed E-state index contributed by atoms with van der Waals surface area (Å²) < 4.78 is 5.33. The molecule has 3 heterocycles. The molecule has 0 saturated carbocycles. The van der Waals surface area contributed by atoms with Gasteiger partial charge in [0.15, 0.2) is 5.76 Å². The number of furan rings is 1. The molecule has 0 unspecified atom stereocenters. The highest BCUT2D eigenvalue weighted by Crippen LogP contribution is 2.22. The van der Waals surface area contributed by atoms with Crippen LogP contribution in [-0.4, -0.2) is 48.3 Å². The molecule has 1 saturated heterocycles. The molecule has 9 heteroatoms. The van der Waals surface area contributed by atoms with E-state index in [0.29, 0.717) is 35.2 Å². The van der Waals surface area contributed by atoms with Gasteiger partial charge in [-0.25, -0.2) is 0 Å². The van der Waals surface area contributed by atoms with E-state index in [2.05, 4.69) is 10.6 Å². The van der Waals surface area contributed by atoms with Crippen LogP contribution in [0.3, 0.4) is 0 Å². The van der Waals surface area contributed by atoms with Gasteiger partial charge in [0, 0.05) is 19.1 Å². The minimum absolute atomic E-state index is 0.0565. The lowest BCUT2D eigenvalue weighted by molar-refractivity contribution is -0.117. The number of amides is 3. The molecule has 0 radical (unpaired) electrons. The van der Waals surface area contributed by atoms with E-state index in [1.807, 2.05) is 4.90 Å². The van der Waals surface area contributed by atoms with Gasteiger partial charge in [-0.1, -0.05) is 0 Å². The van der Waals surface area contributed by atoms with E-state index in [1.165, 1.54) is 11.3 Å². The number of aryl methyl sites for hydroxylation is 1. The van der Waals surface area contributed by atoms with Crippen molar-refractivity contribution >= 4 is 34.1 Å². The standard InChI is InChI=1S/C18H22N4O4S/c1-11-2-3-14(26-11)17(25)20-12-4-7-22(8-5-12)10-15(23)21-18-13(16(19)24)6-9-27-18/h2-3,6,9,12H,4-5,7-8,10H2,1H3,(H2,19,24)(H,20,25)(H,21,23). The van der Waals surface area contributed by atoms with Crippen molar-refractivity contribution in [3.8, 4) is 0 Å². The minimum atomic E-state index is -0.560. The third-order valence-electron chi connectivity index (χ3n) is 4.44. The maximum atomic E-state index is 12.2. The molecule has 0 aliphatic carbocycles. The van der Waals surface area contributed by atoms with E-state index in [0.717, 1.165) is 12.8 Å². The van der Waals surface area contributed by atoms with E-state index < -0.39 is 5.91 Å². The van der Waals surface area contributed by atoms with E-state index in [4.69, 9.17) is 10.2 Å². The second-order valence-corrected chi connectivity index (χ2v) is 7.43. The largest absolute Gasteiger partial charge is 0.456 e. The quantitative estimate of drug-likeness (QED) is 0.692. The third-order valence-corrected chi connectivity index (χ3v) is 5.27. The molecule has 0 spiro atoms. The number of rotatable bonds is 6. The Balaban J connectivity index is 1.44. The number of carbonyl (C=O) groups is 3. The minimum Gasteiger partial charge on any atom is -0.456 e. The number of hydrogen-bond acceptors (Lipinski definition) is 6. The smallest absolute Gasteiger partial charge is 0.287 e. The number of carbonyl (C=O) groups excluding carboxylic acids is 3. The monoisotopic (exact) mass is 390 g/mol. The van der Waals surface area contributed by atoms with Crippen LogP contribution in [0.5, 0.6) is 0 Å². The molecule has 144 valence electrons. The highest BCUT2D eigenvalue weighted by Gasteiger charge is 2.24. The van der Waals surface area contributed by atoms with Gasteiger partial charge in [-0.3, -0.25) is 19.3 Å². The Morgan fingerprint density at radius 2 is 2.00 bits per heavy atom. The molecule has 8 nitrogen and oxygen atoms in total. The van der Waals surface area contributed by atoms with Gasteiger partial charge in [-0.15, -0.1) is 11.3 Å². The summed E-state index contributed by atoms with van der Waals surface area (Å²) in [7, 11) is 0. The van der Waals surface area contributed by atoms with Gasteiger partial charge in [0.1, 0.15) is 10.8 Å². The predicted octanol–water partition coefficient (Wildman–Crippen LogP) is 1.58. The molecule has 1 aliphatic heterocycles. The topological polar surface area (TPSA) is 118 Å². The van der Waals surface area contributed by atoms with Gasteiger partial charge in [-0.05, 0) is 43.3 Å². The van der Waals surface area contributed by atoms with E-state index in [9.17, 15) is 14.4 Å². The van der Waals surface area contributed by atoms with E-state index in [1.54, 1.807) is 30.5 Å². The number of likely N-dealkylation sites (tertiary alicyclic amines) is 1. The average molecular weight is 390 g/mol.